The molecule has 1 fully saturated rings. The van der Waals surface area contributed by atoms with Gasteiger partial charge in [0.2, 0.25) is 5.91 Å². The molecule has 1 saturated heterocycles. The number of rotatable bonds is 7. The van der Waals surface area contributed by atoms with Gasteiger partial charge in [-0.1, -0.05) is 29.8 Å². The Morgan fingerprint density at radius 1 is 1.03 bits per heavy atom. The Morgan fingerprint density at radius 2 is 1.84 bits per heavy atom. The Morgan fingerprint density at radius 3 is 2.65 bits per heavy atom. The summed E-state index contributed by atoms with van der Waals surface area (Å²) in [6, 6.07) is 14.9. The smallest absolute Gasteiger partial charge is 0.258 e. The molecule has 0 unspecified atom stereocenters. The van der Waals surface area contributed by atoms with E-state index in [0.29, 0.717) is 35.5 Å². The number of aryl methyl sites for hydroxylation is 1. The standard InChI is InChI=1S/C24H26ClN3O3/c25-19-4-1-3-18(17-19)7-8-23(29)26-22-6-2-5-21-20(22)9-10-28(24(21)30)12-11-27-13-15-31-16-14-27/h1-6,9-10,17H,7-8,11-16H2,(H,26,29). The Kier molecular flexibility index (Phi) is 7.02. The van der Waals surface area contributed by atoms with Gasteiger partial charge in [-0.3, -0.25) is 14.5 Å². The molecule has 31 heavy (non-hydrogen) atoms. The van der Waals surface area contributed by atoms with Crippen LogP contribution in [0.2, 0.25) is 5.02 Å². The van der Waals surface area contributed by atoms with Crippen LogP contribution in [0.4, 0.5) is 5.69 Å². The third-order valence-corrected chi connectivity index (χ3v) is 5.82. The third kappa shape index (κ3) is 5.53. The quantitative estimate of drug-likeness (QED) is 0.611. The minimum absolute atomic E-state index is 0.0409. The highest BCUT2D eigenvalue weighted by Crippen LogP contribution is 2.21. The van der Waals surface area contributed by atoms with Gasteiger partial charge in [0.1, 0.15) is 0 Å². The van der Waals surface area contributed by atoms with Crippen LogP contribution in [0.15, 0.2) is 59.5 Å². The minimum Gasteiger partial charge on any atom is -0.379 e. The van der Waals surface area contributed by atoms with Crippen molar-refractivity contribution in [3.8, 4) is 0 Å². The molecule has 3 aromatic rings. The summed E-state index contributed by atoms with van der Waals surface area (Å²) < 4.78 is 7.11. The molecule has 7 heteroatoms. The first-order valence-corrected chi connectivity index (χ1v) is 10.9. The van der Waals surface area contributed by atoms with Gasteiger partial charge in [-0.15, -0.1) is 0 Å². The normalized spacial score (nSPS) is 14.6. The number of hydrogen-bond donors (Lipinski definition) is 1. The van der Waals surface area contributed by atoms with Crippen LogP contribution < -0.4 is 10.9 Å². The fourth-order valence-corrected chi connectivity index (χ4v) is 4.05. The molecular formula is C24H26ClN3O3. The van der Waals surface area contributed by atoms with Gasteiger partial charge in [-0.05, 0) is 42.3 Å². The van der Waals surface area contributed by atoms with Crippen molar-refractivity contribution in [1.82, 2.24) is 9.47 Å². The van der Waals surface area contributed by atoms with Gasteiger partial charge in [-0.2, -0.15) is 0 Å². The van der Waals surface area contributed by atoms with Crippen LogP contribution in [0.5, 0.6) is 0 Å². The number of nitrogens with one attached hydrogen (secondary N) is 1. The molecule has 4 rings (SSSR count). The summed E-state index contributed by atoms with van der Waals surface area (Å²) in [5, 5.41) is 4.99. The first-order valence-electron chi connectivity index (χ1n) is 10.6. The molecule has 0 spiro atoms. The van der Waals surface area contributed by atoms with Gasteiger partial charge in [0.05, 0.1) is 13.2 Å². The summed E-state index contributed by atoms with van der Waals surface area (Å²) in [4.78, 5) is 27.8. The van der Waals surface area contributed by atoms with Crippen LogP contribution in [0.25, 0.3) is 10.8 Å². The third-order valence-electron chi connectivity index (χ3n) is 5.58. The van der Waals surface area contributed by atoms with Crippen molar-refractivity contribution in [3.05, 3.63) is 75.7 Å². The molecule has 1 aliphatic rings. The number of ether oxygens (including phenoxy) is 1. The number of nitrogens with zero attached hydrogens (tertiary/aromatic N) is 2. The molecule has 0 atom stereocenters. The maximum Gasteiger partial charge on any atom is 0.258 e. The highest BCUT2D eigenvalue weighted by molar-refractivity contribution is 6.30. The zero-order valence-corrected chi connectivity index (χ0v) is 18.1. The molecule has 0 aliphatic carbocycles. The molecular weight excluding hydrogens is 414 g/mol. The van der Waals surface area contributed by atoms with E-state index in [1.54, 1.807) is 4.57 Å². The number of anilines is 1. The summed E-state index contributed by atoms with van der Waals surface area (Å²) in [6.45, 7) is 4.72. The highest BCUT2D eigenvalue weighted by atomic mass is 35.5. The van der Waals surface area contributed by atoms with Gasteiger partial charge in [-0.25, -0.2) is 0 Å². The van der Waals surface area contributed by atoms with E-state index in [2.05, 4.69) is 10.2 Å². The summed E-state index contributed by atoms with van der Waals surface area (Å²) in [5.74, 6) is -0.0935. The van der Waals surface area contributed by atoms with E-state index in [9.17, 15) is 9.59 Å². The number of benzene rings is 2. The lowest BCUT2D eigenvalue weighted by Gasteiger charge is -2.26. The molecule has 1 aliphatic heterocycles. The number of hydrogen-bond acceptors (Lipinski definition) is 4. The van der Waals surface area contributed by atoms with Gasteiger partial charge < -0.3 is 14.6 Å². The largest absolute Gasteiger partial charge is 0.379 e. The fraction of sp³-hybridized carbons (Fsp3) is 0.333. The molecule has 0 saturated carbocycles. The van der Waals surface area contributed by atoms with E-state index in [1.807, 2.05) is 54.7 Å². The molecule has 2 aromatic carbocycles. The van der Waals surface area contributed by atoms with Crippen LogP contribution >= 0.6 is 11.6 Å². The molecule has 1 N–H and O–H groups in total. The van der Waals surface area contributed by atoms with E-state index in [1.165, 1.54) is 0 Å². The fourth-order valence-electron chi connectivity index (χ4n) is 3.84. The SMILES string of the molecule is O=C(CCc1cccc(Cl)c1)Nc1cccc2c(=O)n(CCN3CCOCC3)ccc12. The second kappa shape index (κ2) is 10.1. The average Bonchev–Trinajstić information content (AvgIpc) is 2.78. The number of halogens is 1. The van der Waals surface area contributed by atoms with E-state index < -0.39 is 0 Å². The van der Waals surface area contributed by atoms with Crippen molar-refractivity contribution in [3.63, 3.8) is 0 Å². The number of morpholine rings is 1. The molecule has 0 radical (unpaired) electrons. The van der Waals surface area contributed by atoms with Crippen molar-refractivity contribution in [2.45, 2.75) is 19.4 Å². The first-order chi connectivity index (χ1) is 15.1. The van der Waals surface area contributed by atoms with Gasteiger partial charge in [0, 0.05) is 60.3 Å². The Hall–Kier alpha value is -2.67. The molecule has 6 nitrogen and oxygen atoms in total. The number of pyridine rings is 1. The summed E-state index contributed by atoms with van der Waals surface area (Å²) >= 11 is 6.01. The zero-order valence-electron chi connectivity index (χ0n) is 17.4. The molecule has 1 amide bonds. The Labute approximate surface area is 186 Å². The van der Waals surface area contributed by atoms with E-state index in [4.69, 9.17) is 16.3 Å². The maximum atomic E-state index is 13.0. The monoisotopic (exact) mass is 439 g/mol. The van der Waals surface area contributed by atoms with Crippen molar-refractivity contribution in [2.24, 2.45) is 0 Å². The van der Waals surface area contributed by atoms with Crippen LogP contribution in [0.3, 0.4) is 0 Å². The highest BCUT2D eigenvalue weighted by Gasteiger charge is 2.12. The number of aromatic nitrogens is 1. The van der Waals surface area contributed by atoms with Crippen LogP contribution in [-0.2, 0) is 22.5 Å². The van der Waals surface area contributed by atoms with Crippen molar-refractivity contribution in [1.29, 1.82) is 0 Å². The number of amides is 1. The lowest BCUT2D eigenvalue weighted by molar-refractivity contribution is -0.116. The second-order valence-corrected chi connectivity index (χ2v) is 8.15. The number of carbonyl (C=O) groups excluding carboxylic acids is 1. The van der Waals surface area contributed by atoms with Crippen LogP contribution in [0.1, 0.15) is 12.0 Å². The van der Waals surface area contributed by atoms with Crippen molar-refractivity contribution in [2.75, 3.05) is 38.2 Å². The lowest BCUT2D eigenvalue weighted by atomic mass is 10.1. The minimum atomic E-state index is -0.0935. The maximum absolute atomic E-state index is 13.0. The van der Waals surface area contributed by atoms with Gasteiger partial charge in [0.25, 0.3) is 5.56 Å². The second-order valence-electron chi connectivity index (χ2n) is 7.71. The van der Waals surface area contributed by atoms with Crippen LogP contribution in [0, 0.1) is 0 Å². The van der Waals surface area contributed by atoms with Gasteiger partial charge in [0.15, 0.2) is 0 Å². The molecule has 162 valence electrons. The molecule has 1 aromatic heterocycles. The van der Waals surface area contributed by atoms with E-state index >= 15 is 0 Å². The zero-order chi connectivity index (χ0) is 21.6. The topological polar surface area (TPSA) is 63.6 Å². The Bertz CT molecular complexity index is 1120. The Balaban J connectivity index is 1.44. The van der Waals surface area contributed by atoms with Crippen molar-refractivity contribution >= 4 is 34.0 Å². The van der Waals surface area contributed by atoms with Gasteiger partial charge >= 0.3 is 0 Å². The molecule has 0 bridgehead atoms. The lowest BCUT2D eigenvalue weighted by Crippen LogP contribution is -2.39. The summed E-state index contributed by atoms with van der Waals surface area (Å²) in [5.41, 5.74) is 1.63. The predicted octanol–water partition coefficient (Wildman–Crippen LogP) is 3.56. The first kappa shape index (κ1) is 21.6. The van der Waals surface area contributed by atoms with E-state index in [0.717, 1.165) is 43.8 Å². The van der Waals surface area contributed by atoms with Crippen LogP contribution in [-0.4, -0.2) is 48.2 Å². The van der Waals surface area contributed by atoms with E-state index in [-0.39, 0.29) is 11.5 Å². The predicted molar refractivity (Wildman–Crippen MR) is 124 cm³/mol. The summed E-state index contributed by atoms with van der Waals surface area (Å²) in [7, 11) is 0. The number of carbonyl (C=O) groups is 1. The number of fused-ring (bicyclic) bond motifs is 1. The van der Waals surface area contributed by atoms with Crippen molar-refractivity contribution < 1.29 is 9.53 Å². The summed E-state index contributed by atoms with van der Waals surface area (Å²) in [6.07, 6.45) is 2.76. The molecule has 2 heterocycles. The average molecular weight is 440 g/mol.